The van der Waals surface area contributed by atoms with Crippen LogP contribution in [0.1, 0.15) is 12.6 Å². The molecule has 1 aromatic heterocycles. The van der Waals surface area contributed by atoms with E-state index in [0.29, 0.717) is 0 Å². The summed E-state index contributed by atoms with van der Waals surface area (Å²) < 4.78 is 51.2. The Morgan fingerprint density at radius 2 is 1.79 bits per heavy atom. The highest BCUT2D eigenvalue weighted by Crippen LogP contribution is 2.66. The van der Waals surface area contributed by atoms with Crippen molar-refractivity contribution in [1.29, 1.82) is 0 Å². The van der Waals surface area contributed by atoms with Gasteiger partial charge in [0, 0.05) is 12.6 Å². The lowest BCUT2D eigenvalue weighted by Gasteiger charge is -2.19. The van der Waals surface area contributed by atoms with E-state index in [2.05, 4.69) is 29.1 Å². The summed E-state index contributed by atoms with van der Waals surface area (Å²) >= 11 is 2.91. The molecule has 1 saturated heterocycles. The van der Waals surface area contributed by atoms with Gasteiger partial charge in [0.2, 0.25) is 0 Å². The highest BCUT2D eigenvalue weighted by Gasteiger charge is 2.42. The Labute approximate surface area is 168 Å². The molecule has 2 rings (SSSR count). The van der Waals surface area contributed by atoms with Crippen LogP contribution in [0.3, 0.4) is 0 Å². The van der Waals surface area contributed by atoms with Crippen LogP contribution in [0, 0.1) is 0 Å². The summed E-state index contributed by atoms with van der Waals surface area (Å²) in [6, 6.07) is 0. The van der Waals surface area contributed by atoms with Crippen molar-refractivity contribution in [2.45, 2.75) is 24.9 Å². The molecule has 0 aromatic carbocycles. The third-order valence-electron chi connectivity index (χ3n) is 3.26. The minimum atomic E-state index is -5.68. The second kappa shape index (κ2) is 8.93. The van der Waals surface area contributed by atoms with Crippen LogP contribution in [0.25, 0.3) is 0 Å². The zero-order chi connectivity index (χ0) is 22.2. The van der Waals surface area contributed by atoms with Crippen LogP contribution in [-0.4, -0.2) is 53.0 Å². The molecule has 3 unspecified atom stereocenters. The summed E-state index contributed by atoms with van der Waals surface area (Å²) in [5.41, 5.74) is -1.56. The Kier molecular flexibility index (Phi) is 7.62. The summed E-state index contributed by atoms with van der Waals surface area (Å²) in [5.74, 6) is 0. The van der Waals surface area contributed by atoms with E-state index in [1.807, 2.05) is 4.98 Å². The maximum atomic E-state index is 11.8. The Hall–Kier alpha value is -0.510. The molecule has 6 N–H and O–H groups in total. The molecule has 2 heterocycles. The van der Waals surface area contributed by atoms with Crippen LogP contribution >= 0.6 is 39.4 Å². The molecule has 1 aliphatic rings. The van der Waals surface area contributed by atoms with Crippen LogP contribution in [-0.2, 0) is 31.6 Å². The first-order chi connectivity index (χ1) is 13.1. The lowest BCUT2D eigenvalue weighted by molar-refractivity contribution is -0.0450. The van der Waals surface area contributed by atoms with Crippen molar-refractivity contribution >= 4 is 39.4 Å². The number of hydrogen-bond donors (Lipinski definition) is 6. The maximum Gasteiger partial charge on any atom is 0.490 e. The number of rotatable bonds is 8. The van der Waals surface area contributed by atoms with Crippen molar-refractivity contribution in [3.05, 3.63) is 31.5 Å². The highest BCUT2D eigenvalue weighted by atomic mass is 79.9. The maximum absolute atomic E-state index is 11.8. The van der Waals surface area contributed by atoms with Gasteiger partial charge in [-0.2, -0.15) is 8.62 Å². The first-order valence-electron chi connectivity index (χ1n) is 7.21. The number of nitrogens with zero attached hydrogens (tertiary/aromatic N) is 1. The molecule has 29 heavy (non-hydrogen) atoms. The van der Waals surface area contributed by atoms with E-state index in [1.165, 1.54) is 0 Å². The number of halogens is 1. The number of aliphatic hydroxyl groups is 1. The predicted molar refractivity (Wildman–Crippen MR) is 93.4 cm³/mol. The topological polar surface area (TPSA) is 244 Å². The number of aliphatic hydroxyl groups excluding tert-OH is 1. The van der Waals surface area contributed by atoms with Crippen LogP contribution in [0.5, 0.6) is 0 Å². The minimum absolute atomic E-state index is 0.00750. The van der Waals surface area contributed by atoms with Gasteiger partial charge in [-0.25, -0.2) is 18.5 Å². The molecule has 1 aliphatic heterocycles. The van der Waals surface area contributed by atoms with Gasteiger partial charge in [0.15, 0.2) is 0 Å². The van der Waals surface area contributed by atoms with Gasteiger partial charge in [0.25, 0.3) is 5.56 Å². The second-order valence-corrected chi connectivity index (χ2v) is 10.7. The average molecular weight is 547 g/mol. The van der Waals surface area contributed by atoms with Gasteiger partial charge in [0.1, 0.15) is 12.3 Å². The number of phosphoric ester groups is 1. The van der Waals surface area contributed by atoms with Crippen LogP contribution in [0.2, 0.25) is 0 Å². The van der Waals surface area contributed by atoms with Crippen molar-refractivity contribution in [3.63, 3.8) is 0 Å². The van der Waals surface area contributed by atoms with Gasteiger partial charge in [-0.15, -0.1) is 0 Å². The Bertz CT molecular complexity index is 1020. The van der Waals surface area contributed by atoms with Gasteiger partial charge in [-0.3, -0.25) is 18.9 Å². The smallest absolute Gasteiger partial charge is 0.390 e. The molecular formula is C9H14BrN2O14P3. The fraction of sp³-hybridized carbons (Fsp3) is 0.556. The number of aromatic amines is 1. The van der Waals surface area contributed by atoms with Crippen LogP contribution in [0.4, 0.5) is 0 Å². The Morgan fingerprint density at radius 1 is 1.17 bits per heavy atom. The molecule has 166 valence electrons. The molecule has 0 radical (unpaired) electrons. The van der Waals surface area contributed by atoms with Crippen molar-refractivity contribution in [2.24, 2.45) is 0 Å². The molecule has 0 bridgehead atoms. The van der Waals surface area contributed by atoms with Crippen LogP contribution in [0.15, 0.2) is 20.3 Å². The number of phosphoric acid groups is 3. The average Bonchev–Trinajstić information content (AvgIpc) is 2.86. The van der Waals surface area contributed by atoms with Crippen LogP contribution < -0.4 is 11.2 Å². The number of nitrogens with one attached hydrogen (secondary N) is 1. The molecule has 0 aliphatic carbocycles. The van der Waals surface area contributed by atoms with Gasteiger partial charge in [-0.1, -0.05) is 0 Å². The molecule has 0 saturated carbocycles. The fourth-order valence-corrected chi connectivity index (χ4v) is 5.53. The van der Waals surface area contributed by atoms with E-state index in [4.69, 9.17) is 19.4 Å². The molecule has 0 spiro atoms. The van der Waals surface area contributed by atoms with Crippen molar-refractivity contribution in [2.75, 3.05) is 6.61 Å². The van der Waals surface area contributed by atoms with E-state index in [1.54, 1.807) is 0 Å². The van der Waals surface area contributed by atoms with Gasteiger partial charge in [0.05, 0.1) is 17.2 Å². The summed E-state index contributed by atoms with van der Waals surface area (Å²) in [7, 11) is -16.6. The summed E-state index contributed by atoms with van der Waals surface area (Å²) in [6.07, 6.45) is -2.83. The molecule has 5 atom stereocenters. The standard InChI is InChI=1S/C9H14BrN2O14P3/c10-4-2-12(9(15)11-8(4)14)7-1-5(13)6(24-7)3-23-28(19,20)26-29(21,22)25-27(16,17)18/h2,5-7,13H,1,3H2,(H,19,20)(H,21,22)(H,11,14,15)(H2,16,17,18)/t5?,6-,7-/m1/s1. The number of H-pyrrole nitrogens is 1. The van der Waals surface area contributed by atoms with Gasteiger partial charge < -0.3 is 29.4 Å². The largest absolute Gasteiger partial charge is 0.490 e. The lowest BCUT2D eigenvalue weighted by Crippen LogP contribution is -2.32. The molecule has 0 amide bonds. The molecular weight excluding hydrogens is 533 g/mol. The number of ether oxygens (including phenoxy) is 1. The first-order valence-corrected chi connectivity index (χ1v) is 12.5. The first kappa shape index (κ1) is 24.8. The minimum Gasteiger partial charge on any atom is -0.390 e. The summed E-state index contributed by atoms with van der Waals surface area (Å²) in [6.45, 7) is -0.888. The number of hydrogen-bond acceptors (Lipinski definition) is 10. The van der Waals surface area contributed by atoms with Crippen molar-refractivity contribution in [1.82, 2.24) is 9.55 Å². The van der Waals surface area contributed by atoms with Crippen molar-refractivity contribution < 1.29 is 56.3 Å². The molecule has 1 aromatic rings. The predicted octanol–water partition coefficient (Wildman–Crippen LogP) is -0.709. The van der Waals surface area contributed by atoms with E-state index in [9.17, 15) is 33.3 Å². The third kappa shape index (κ3) is 7.29. The van der Waals surface area contributed by atoms with E-state index < -0.39 is 59.8 Å². The second-order valence-electron chi connectivity index (χ2n) is 5.46. The van der Waals surface area contributed by atoms with E-state index >= 15 is 0 Å². The Balaban J connectivity index is 2.03. The van der Waals surface area contributed by atoms with Gasteiger partial charge in [-0.05, 0) is 15.9 Å². The zero-order valence-corrected chi connectivity index (χ0v) is 18.1. The lowest BCUT2D eigenvalue weighted by atomic mass is 10.2. The third-order valence-corrected chi connectivity index (χ3v) is 7.62. The van der Waals surface area contributed by atoms with Crippen molar-refractivity contribution in [3.8, 4) is 0 Å². The molecule has 20 heteroatoms. The summed E-state index contributed by atoms with van der Waals surface area (Å²) in [5, 5.41) is 9.97. The van der Waals surface area contributed by atoms with E-state index in [0.717, 1.165) is 10.8 Å². The molecule has 1 fully saturated rings. The summed E-state index contributed by atoms with van der Waals surface area (Å²) in [4.78, 5) is 60.5. The zero-order valence-electron chi connectivity index (χ0n) is 13.8. The van der Waals surface area contributed by atoms with E-state index in [-0.39, 0.29) is 10.9 Å². The highest BCUT2D eigenvalue weighted by molar-refractivity contribution is 9.10. The normalized spacial score (nSPS) is 26.8. The SMILES string of the molecule is O=c1[nH]c(=O)n([C@H]2CC(O)[C@@H](COP(=O)(O)OP(=O)(O)OP(=O)(O)O)O2)cc1Br. The van der Waals surface area contributed by atoms with Gasteiger partial charge >= 0.3 is 29.2 Å². The quantitative estimate of drug-likeness (QED) is 0.220. The monoisotopic (exact) mass is 546 g/mol. The Morgan fingerprint density at radius 3 is 2.38 bits per heavy atom. The fourth-order valence-electron chi connectivity index (χ4n) is 2.18. The molecule has 16 nitrogen and oxygen atoms in total. The number of aromatic nitrogens is 2.